The summed E-state index contributed by atoms with van der Waals surface area (Å²) in [7, 11) is -7.23. The molecule has 2 aliphatic heterocycles. The zero-order valence-corrected chi connectivity index (χ0v) is 36.2. The number of aliphatic imine (C=N–C) groups is 2. The van der Waals surface area contributed by atoms with Crippen molar-refractivity contribution in [1.82, 2.24) is 9.97 Å². The van der Waals surface area contributed by atoms with E-state index in [0.29, 0.717) is 10.3 Å². The van der Waals surface area contributed by atoms with Crippen LogP contribution in [0, 0.1) is 49.7 Å². The summed E-state index contributed by atoms with van der Waals surface area (Å²) in [6.07, 6.45) is 5.15. The minimum atomic E-state index is -3.65. The second-order valence-corrected chi connectivity index (χ2v) is 21.1. The Kier molecular flexibility index (Phi) is 12.9. The molecule has 4 heterocycles. The Morgan fingerprint density at radius 1 is 0.632 bits per heavy atom. The summed E-state index contributed by atoms with van der Waals surface area (Å²) in [4.78, 5) is 16.9. The first kappa shape index (κ1) is 44.8. The van der Waals surface area contributed by atoms with Crippen LogP contribution in [0.2, 0.25) is 0 Å². The van der Waals surface area contributed by atoms with Gasteiger partial charge in [-0.15, -0.1) is 6.42 Å². The van der Waals surface area contributed by atoms with Crippen LogP contribution in [-0.2, 0) is 30.8 Å². The van der Waals surface area contributed by atoms with Crippen molar-refractivity contribution in [3.63, 3.8) is 0 Å². The lowest BCUT2D eigenvalue weighted by atomic mass is 9.98. The van der Waals surface area contributed by atoms with Crippen LogP contribution < -0.4 is 11.5 Å². The van der Waals surface area contributed by atoms with Gasteiger partial charge >= 0.3 is 0 Å². The molecule has 0 bridgehead atoms. The quantitative estimate of drug-likeness (QED) is 0.171. The van der Waals surface area contributed by atoms with Crippen molar-refractivity contribution in [2.24, 2.45) is 21.5 Å². The first-order valence-electron chi connectivity index (χ1n) is 17.5. The number of aromatic nitrogens is 2. The van der Waals surface area contributed by atoms with Gasteiger partial charge in [-0.05, 0) is 126 Å². The summed E-state index contributed by atoms with van der Waals surface area (Å²) in [5.41, 5.74) is 13.3. The van der Waals surface area contributed by atoms with E-state index in [9.17, 15) is 25.6 Å². The van der Waals surface area contributed by atoms with Crippen LogP contribution >= 0.6 is 15.9 Å². The minimum Gasteiger partial charge on any atom is -0.386 e. The number of amidine groups is 2. The van der Waals surface area contributed by atoms with Gasteiger partial charge < -0.3 is 11.5 Å². The van der Waals surface area contributed by atoms with Crippen molar-refractivity contribution in [3.05, 3.63) is 128 Å². The van der Waals surface area contributed by atoms with E-state index in [2.05, 4.69) is 53.6 Å². The second kappa shape index (κ2) is 16.5. The molecule has 300 valence electrons. The number of nitrogens with zero attached hydrogens (tertiary/aromatic N) is 4. The molecule has 2 aromatic heterocycles. The zero-order chi connectivity index (χ0) is 42.8. The number of sulfone groups is 2. The minimum absolute atomic E-state index is 0.0334. The number of benzene rings is 2. The molecule has 15 heteroatoms. The number of nitrogens with two attached hydrogens (primary N) is 2. The van der Waals surface area contributed by atoms with Crippen LogP contribution in [0.15, 0.2) is 87.4 Å². The standard InChI is InChI=1S/C21H22FN3O2S.C12H15BrFN3O2S.C9H8/c1-14-5-7-15(8-6-14)9-10-16-11-12-17(22)18(24-16)21(4)13-28(26,27)20(2,3)19(23)25-21;1-11(2)10(15)17-12(3,6-20(11,18)19)9-7(14)4-5-8(13)16-9;1-3-9-6-4-8(2)5-7-9/h5-8,11-12H,13H2,1-4H3,(H2,23,25);4-5H,6H2,1-3H3,(H2,15,17);1,4-7H,2H3/t21-;12-;/m00./s1. The topological polar surface area (TPSA) is 171 Å². The summed E-state index contributed by atoms with van der Waals surface area (Å²) in [6, 6.07) is 20.9. The number of aryl methyl sites for hydroxylation is 2. The molecule has 0 radical (unpaired) electrons. The highest BCUT2D eigenvalue weighted by molar-refractivity contribution is 9.10. The van der Waals surface area contributed by atoms with Crippen molar-refractivity contribution in [1.29, 1.82) is 0 Å². The Hall–Kier alpha value is -4.96. The largest absolute Gasteiger partial charge is 0.386 e. The van der Waals surface area contributed by atoms with E-state index in [4.69, 9.17) is 17.9 Å². The highest BCUT2D eigenvalue weighted by atomic mass is 79.9. The summed E-state index contributed by atoms with van der Waals surface area (Å²) in [6.45, 7) is 13.0. The molecule has 0 aliphatic carbocycles. The normalized spacial score (nSPS) is 22.3. The first-order valence-corrected chi connectivity index (χ1v) is 21.6. The molecule has 0 unspecified atom stereocenters. The Balaban J connectivity index is 0.000000215. The number of halogens is 3. The van der Waals surface area contributed by atoms with E-state index in [0.717, 1.165) is 16.7 Å². The maximum atomic E-state index is 14.6. The lowest BCUT2D eigenvalue weighted by Gasteiger charge is -2.37. The monoisotopic (exact) mass is 878 g/mol. The number of rotatable bonds is 2. The van der Waals surface area contributed by atoms with Crippen molar-refractivity contribution in [2.75, 3.05) is 11.5 Å². The van der Waals surface area contributed by atoms with Gasteiger partial charge in [-0.1, -0.05) is 47.2 Å². The van der Waals surface area contributed by atoms with Crippen molar-refractivity contribution in [3.8, 4) is 24.2 Å². The zero-order valence-electron chi connectivity index (χ0n) is 32.9. The molecule has 2 atom stereocenters. The molecular formula is C42H45BrF2N6O4S2. The molecule has 0 saturated carbocycles. The third-order valence-electron chi connectivity index (χ3n) is 9.75. The van der Waals surface area contributed by atoms with E-state index >= 15 is 0 Å². The summed E-state index contributed by atoms with van der Waals surface area (Å²) >= 11 is 3.15. The number of hydrogen-bond acceptors (Lipinski definition) is 10. The number of pyridine rings is 2. The van der Waals surface area contributed by atoms with Gasteiger partial charge in [0.2, 0.25) is 0 Å². The molecule has 0 fully saturated rings. The van der Waals surface area contributed by atoms with Crippen molar-refractivity contribution < 1.29 is 25.6 Å². The Morgan fingerprint density at radius 3 is 1.46 bits per heavy atom. The van der Waals surface area contributed by atoms with Crippen molar-refractivity contribution in [2.45, 2.75) is 76.0 Å². The molecule has 0 saturated heterocycles. The van der Waals surface area contributed by atoms with Gasteiger partial charge in [0, 0.05) is 11.1 Å². The SMILES string of the molecule is C#Cc1ccc(C)cc1.CC1(C)C(N)=N[C@](C)(c2nc(Br)ccc2F)CS1(=O)=O.Cc1ccc(C#Cc2ccc(F)c([C@]3(C)CS(=O)(=O)C(C)(C)C(N)=N3)n2)cc1. The predicted molar refractivity (Wildman–Crippen MR) is 226 cm³/mol. The van der Waals surface area contributed by atoms with E-state index in [1.165, 1.54) is 71.4 Å². The fourth-order valence-corrected chi connectivity index (χ4v) is 9.28. The van der Waals surface area contributed by atoms with Gasteiger partial charge in [-0.25, -0.2) is 35.6 Å². The van der Waals surface area contributed by atoms with Crippen LogP contribution in [-0.4, -0.2) is 59.5 Å². The molecule has 57 heavy (non-hydrogen) atoms. The highest BCUT2D eigenvalue weighted by Gasteiger charge is 2.51. The summed E-state index contributed by atoms with van der Waals surface area (Å²) < 4.78 is 76.5. The highest BCUT2D eigenvalue weighted by Crippen LogP contribution is 2.38. The van der Waals surface area contributed by atoms with Crippen LogP contribution in [0.3, 0.4) is 0 Å². The fraction of sp³-hybridized carbons (Fsp3) is 0.333. The fourth-order valence-electron chi connectivity index (χ4n) is 5.64. The number of terminal acetylenes is 1. The number of hydrogen-bond donors (Lipinski definition) is 2. The van der Waals surface area contributed by atoms with E-state index in [1.807, 2.05) is 62.4 Å². The van der Waals surface area contributed by atoms with Gasteiger partial charge in [0.15, 0.2) is 19.7 Å². The summed E-state index contributed by atoms with van der Waals surface area (Å²) in [5, 5.41) is 0. The van der Waals surface area contributed by atoms with Gasteiger partial charge in [0.25, 0.3) is 0 Å². The Bertz CT molecular complexity index is 2580. The summed E-state index contributed by atoms with van der Waals surface area (Å²) in [5.74, 6) is 6.36. The second-order valence-electron chi connectivity index (χ2n) is 15.2. The Morgan fingerprint density at radius 2 is 1.04 bits per heavy atom. The molecule has 10 nitrogen and oxygen atoms in total. The third kappa shape index (κ3) is 9.78. The van der Waals surface area contributed by atoms with Crippen LogP contribution in [0.25, 0.3) is 0 Å². The molecule has 4 aromatic rings. The molecule has 0 spiro atoms. The molecule has 2 aromatic carbocycles. The van der Waals surface area contributed by atoms with E-state index in [1.54, 1.807) is 0 Å². The van der Waals surface area contributed by atoms with Gasteiger partial charge in [0.05, 0.1) is 11.5 Å². The lowest BCUT2D eigenvalue weighted by Crippen LogP contribution is -2.55. The van der Waals surface area contributed by atoms with E-state index < -0.39 is 51.9 Å². The molecule has 2 aliphatic rings. The van der Waals surface area contributed by atoms with Crippen LogP contribution in [0.5, 0.6) is 0 Å². The maximum absolute atomic E-state index is 14.6. The smallest absolute Gasteiger partial charge is 0.165 e. The molecule has 6 rings (SSSR count). The van der Waals surface area contributed by atoms with Crippen molar-refractivity contribution >= 4 is 47.3 Å². The molecular weight excluding hydrogens is 835 g/mol. The molecule has 0 amide bonds. The predicted octanol–water partition coefficient (Wildman–Crippen LogP) is 6.45. The maximum Gasteiger partial charge on any atom is 0.165 e. The first-order chi connectivity index (χ1) is 26.3. The Labute approximate surface area is 342 Å². The third-order valence-corrected chi connectivity index (χ3v) is 15.6. The average Bonchev–Trinajstić information content (AvgIpc) is 3.12. The molecule has 4 N–H and O–H groups in total. The van der Waals surface area contributed by atoms with Crippen LogP contribution in [0.4, 0.5) is 8.78 Å². The van der Waals surface area contributed by atoms with Crippen LogP contribution in [0.1, 0.15) is 80.9 Å². The van der Waals surface area contributed by atoms with Gasteiger partial charge in [-0.2, -0.15) is 0 Å². The van der Waals surface area contributed by atoms with E-state index in [-0.39, 0.29) is 34.6 Å². The van der Waals surface area contributed by atoms with Gasteiger partial charge in [-0.3, -0.25) is 9.98 Å². The van der Waals surface area contributed by atoms with Gasteiger partial charge in [0.1, 0.15) is 65.6 Å². The lowest BCUT2D eigenvalue weighted by molar-refractivity contribution is 0.459. The average molecular weight is 880 g/mol.